The van der Waals surface area contributed by atoms with Crippen LogP contribution in [0.2, 0.25) is 0 Å². The van der Waals surface area contributed by atoms with E-state index >= 15 is 0 Å². The van der Waals surface area contributed by atoms with Crippen molar-refractivity contribution in [3.63, 3.8) is 0 Å². The van der Waals surface area contributed by atoms with Crippen molar-refractivity contribution in [3.8, 4) is 0 Å². The van der Waals surface area contributed by atoms with Gasteiger partial charge in [-0.25, -0.2) is 9.97 Å². The summed E-state index contributed by atoms with van der Waals surface area (Å²) in [5.41, 5.74) is 7.20. The molecule has 4 heteroatoms. The number of nitrogens with zero attached hydrogens (tertiary/aromatic N) is 2. The summed E-state index contributed by atoms with van der Waals surface area (Å²) in [6.45, 7) is 4.20. The zero-order valence-corrected chi connectivity index (χ0v) is 12.7. The Labute approximate surface area is 124 Å². The second kappa shape index (κ2) is 4.03. The third-order valence-corrected chi connectivity index (χ3v) is 4.26. The lowest BCUT2D eigenvalue weighted by Crippen LogP contribution is -1.89. The molecular weight excluding hydrogens is 314 g/mol. The molecule has 98 valence electrons. The van der Waals surface area contributed by atoms with E-state index < -0.39 is 0 Å². The predicted molar refractivity (Wildman–Crippen MR) is 86.1 cm³/mol. The SMILES string of the molecule is Cc1cc2nc3[nH]c4ccc(Br)cc4c3nc2cc1C. The quantitative estimate of drug-likeness (QED) is 0.511. The smallest absolute Gasteiger partial charge is 0.157 e. The summed E-state index contributed by atoms with van der Waals surface area (Å²) in [6.07, 6.45) is 0. The minimum atomic E-state index is 0.842. The lowest BCUT2D eigenvalue weighted by atomic mass is 10.1. The molecule has 4 rings (SSSR count). The van der Waals surface area contributed by atoms with E-state index in [1.807, 2.05) is 12.1 Å². The Kier molecular flexibility index (Phi) is 2.39. The maximum Gasteiger partial charge on any atom is 0.157 e. The van der Waals surface area contributed by atoms with Crippen LogP contribution in [0.3, 0.4) is 0 Å². The van der Waals surface area contributed by atoms with Crippen LogP contribution in [-0.4, -0.2) is 15.0 Å². The minimum absolute atomic E-state index is 0.842. The van der Waals surface area contributed by atoms with Gasteiger partial charge in [0, 0.05) is 15.4 Å². The Balaban J connectivity index is 2.19. The first-order valence-corrected chi connectivity index (χ1v) is 7.27. The fraction of sp³-hybridized carbons (Fsp3) is 0.125. The van der Waals surface area contributed by atoms with Crippen molar-refractivity contribution >= 4 is 49.0 Å². The fourth-order valence-electron chi connectivity index (χ4n) is 2.54. The van der Waals surface area contributed by atoms with Gasteiger partial charge in [-0.3, -0.25) is 0 Å². The molecule has 0 aliphatic rings. The number of aryl methyl sites for hydroxylation is 2. The number of aromatic amines is 1. The van der Waals surface area contributed by atoms with E-state index in [1.165, 1.54) is 11.1 Å². The van der Waals surface area contributed by atoms with Crippen molar-refractivity contribution in [2.45, 2.75) is 13.8 Å². The third-order valence-electron chi connectivity index (χ3n) is 3.77. The normalized spacial score (nSPS) is 11.8. The average Bonchev–Trinajstić information content (AvgIpc) is 2.75. The van der Waals surface area contributed by atoms with E-state index in [1.54, 1.807) is 0 Å². The van der Waals surface area contributed by atoms with Crippen LogP contribution >= 0.6 is 15.9 Å². The molecule has 0 spiro atoms. The molecule has 0 aliphatic heterocycles. The van der Waals surface area contributed by atoms with E-state index in [4.69, 9.17) is 9.97 Å². The molecule has 0 aliphatic carbocycles. The Bertz CT molecular complexity index is 985. The molecule has 0 saturated carbocycles. The molecule has 2 heterocycles. The second-order valence-corrected chi connectivity index (χ2v) is 6.08. The van der Waals surface area contributed by atoms with Crippen LogP contribution in [0.5, 0.6) is 0 Å². The van der Waals surface area contributed by atoms with Crippen LogP contribution in [0, 0.1) is 13.8 Å². The van der Waals surface area contributed by atoms with E-state index in [-0.39, 0.29) is 0 Å². The van der Waals surface area contributed by atoms with Crippen LogP contribution in [-0.2, 0) is 0 Å². The number of hydrogen-bond donors (Lipinski definition) is 1. The largest absolute Gasteiger partial charge is 0.338 e. The lowest BCUT2D eigenvalue weighted by molar-refractivity contribution is 1.30. The van der Waals surface area contributed by atoms with Crippen molar-refractivity contribution in [1.82, 2.24) is 15.0 Å². The van der Waals surface area contributed by atoms with Crippen molar-refractivity contribution in [3.05, 3.63) is 45.9 Å². The van der Waals surface area contributed by atoms with Gasteiger partial charge in [-0.05, 0) is 55.3 Å². The Hall–Kier alpha value is -1.94. The molecule has 0 bridgehead atoms. The molecule has 0 fully saturated rings. The van der Waals surface area contributed by atoms with Crippen molar-refractivity contribution in [2.75, 3.05) is 0 Å². The van der Waals surface area contributed by atoms with Gasteiger partial charge in [0.1, 0.15) is 5.52 Å². The van der Waals surface area contributed by atoms with Gasteiger partial charge in [-0.1, -0.05) is 15.9 Å². The number of benzene rings is 2. The van der Waals surface area contributed by atoms with Gasteiger partial charge in [0.25, 0.3) is 0 Å². The van der Waals surface area contributed by atoms with Crippen LogP contribution in [0.1, 0.15) is 11.1 Å². The monoisotopic (exact) mass is 325 g/mol. The highest BCUT2D eigenvalue weighted by Gasteiger charge is 2.10. The molecule has 2 aromatic heterocycles. The molecule has 3 nitrogen and oxygen atoms in total. The Morgan fingerprint density at radius 1 is 0.950 bits per heavy atom. The first-order valence-electron chi connectivity index (χ1n) is 6.48. The zero-order valence-electron chi connectivity index (χ0n) is 11.2. The third kappa shape index (κ3) is 1.64. The van der Waals surface area contributed by atoms with Gasteiger partial charge < -0.3 is 4.98 Å². The maximum atomic E-state index is 4.79. The van der Waals surface area contributed by atoms with Gasteiger partial charge in [0.2, 0.25) is 0 Å². The van der Waals surface area contributed by atoms with Gasteiger partial charge in [0.05, 0.1) is 11.0 Å². The zero-order chi connectivity index (χ0) is 13.9. The van der Waals surface area contributed by atoms with Gasteiger partial charge >= 0.3 is 0 Å². The number of halogens is 1. The summed E-state index contributed by atoms with van der Waals surface area (Å²) in [5, 5.41) is 1.10. The van der Waals surface area contributed by atoms with Crippen molar-refractivity contribution in [1.29, 1.82) is 0 Å². The summed E-state index contributed by atoms with van der Waals surface area (Å²) in [4.78, 5) is 12.8. The van der Waals surface area contributed by atoms with Gasteiger partial charge in [-0.15, -0.1) is 0 Å². The summed E-state index contributed by atoms with van der Waals surface area (Å²) in [5.74, 6) is 0. The van der Waals surface area contributed by atoms with Crippen molar-refractivity contribution < 1.29 is 0 Å². The number of nitrogens with one attached hydrogen (secondary N) is 1. The molecular formula is C16H12BrN3. The molecule has 4 aromatic rings. The lowest BCUT2D eigenvalue weighted by Gasteiger charge is -2.02. The van der Waals surface area contributed by atoms with E-state index in [9.17, 15) is 0 Å². The number of aromatic nitrogens is 3. The van der Waals surface area contributed by atoms with E-state index in [2.05, 4.69) is 53.0 Å². The van der Waals surface area contributed by atoms with Crippen molar-refractivity contribution in [2.24, 2.45) is 0 Å². The molecule has 0 saturated heterocycles. The van der Waals surface area contributed by atoms with Gasteiger partial charge in [-0.2, -0.15) is 0 Å². The van der Waals surface area contributed by atoms with Gasteiger partial charge in [0.15, 0.2) is 5.65 Å². The fourth-order valence-corrected chi connectivity index (χ4v) is 2.90. The van der Waals surface area contributed by atoms with Crippen LogP contribution in [0.15, 0.2) is 34.8 Å². The highest BCUT2D eigenvalue weighted by atomic mass is 79.9. The average molecular weight is 326 g/mol. The molecule has 0 unspecified atom stereocenters. The molecule has 0 radical (unpaired) electrons. The first-order chi connectivity index (χ1) is 9.61. The highest BCUT2D eigenvalue weighted by Crippen LogP contribution is 2.28. The van der Waals surface area contributed by atoms with Crippen LogP contribution in [0.25, 0.3) is 33.1 Å². The highest BCUT2D eigenvalue weighted by molar-refractivity contribution is 9.10. The van der Waals surface area contributed by atoms with E-state index in [0.717, 1.165) is 37.6 Å². The minimum Gasteiger partial charge on any atom is -0.338 e. The molecule has 0 atom stereocenters. The van der Waals surface area contributed by atoms with Crippen LogP contribution < -0.4 is 0 Å². The number of fused-ring (bicyclic) bond motifs is 4. The molecule has 20 heavy (non-hydrogen) atoms. The summed E-state index contributed by atoms with van der Waals surface area (Å²) in [7, 11) is 0. The summed E-state index contributed by atoms with van der Waals surface area (Å²) >= 11 is 3.51. The Morgan fingerprint density at radius 3 is 2.40 bits per heavy atom. The standard InChI is InChI=1S/C16H12BrN3/c1-8-5-13-14(6-9(8)2)20-16-15(18-13)11-7-10(17)3-4-12(11)19-16/h3-7H,1-2H3,(H,19,20). The molecule has 1 N–H and O–H groups in total. The van der Waals surface area contributed by atoms with E-state index in [0.29, 0.717) is 0 Å². The topological polar surface area (TPSA) is 41.6 Å². The summed E-state index contributed by atoms with van der Waals surface area (Å²) < 4.78 is 1.05. The maximum absolute atomic E-state index is 4.79. The number of rotatable bonds is 0. The second-order valence-electron chi connectivity index (χ2n) is 5.16. The number of H-pyrrole nitrogens is 1. The number of hydrogen-bond acceptors (Lipinski definition) is 2. The Morgan fingerprint density at radius 2 is 1.65 bits per heavy atom. The molecule has 2 aromatic carbocycles. The predicted octanol–water partition coefficient (Wildman–Crippen LogP) is 4.64. The van der Waals surface area contributed by atoms with Crippen LogP contribution in [0.4, 0.5) is 0 Å². The summed E-state index contributed by atoms with van der Waals surface area (Å²) in [6, 6.07) is 10.3. The first kappa shape index (κ1) is 11.9. The molecule has 0 amide bonds.